The van der Waals surface area contributed by atoms with Crippen LogP contribution in [-0.2, 0) is 14.3 Å². The number of hydrogen-bond acceptors (Lipinski definition) is 4. The van der Waals surface area contributed by atoms with E-state index in [0.717, 1.165) is 12.8 Å². The van der Waals surface area contributed by atoms with Crippen LogP contribution < -0.4 is 5.32 Å². The summed E-state index contributed by atoms with van der Waals surface area (Å²) in [5, 5.41) is 3.28. The Morgan fingerprint density at radius 2 is 2.12 bits per heavy atom. The fourth-order valence-corrected chi connectivity index (χ4v) is 1.90. The number of carbonyl (C=O) groups is 1. The third-order valence-electron chi connectivity index (χ3n) is 3.68. The summed E-state index contributed by atoms with van der Waals surface area (Å²) >= 11 is 0. The van der Waals surface area contributed by atoms with Crippen LogP contribution in [0.2, 0.25) is 0 Å². The molecule has 94 valence electrons. The lowest BCUT2D eigenvalue weighted by Crippen LogP contribution is -2.57. The summed E-state index contributed by atoms with van der Waals surface area (Å²) in [7, 11) is 1.65. The summed E-state index contributed by atoms with van der Waals surface area (Å²) in [4.78, 5) is 12.0. The lowest BCUT2D eigenvalue weighted by atomic mass is 9.83. The van der Waals surface area contributed by atoms with Gasteiger partial charge >= 0.3 is 5.97 Å². The number of rotatable bonds is 7. The Morgan fingerprint density at radius 1 is 1.50 bits per heavy atom. The van der Waals surface area contributed by atoms with Gasteiger partial charge in [0.1, 0.15) is 5.54 Å². The molecule has 0 radical (unpaired) electrons. The fourth-order valence-electron chi connectivity index (χ4n) is 1.90. The van der Waals surface area contributed by atoms with Gasteiger partial charge in [-0.05, 0) is 32.1 Å². The Hall–Kier alpha value is -0.610. The van der Waals surface area contributed by atoms with Crippen molar-refractivity contribution in [1.29, 1.82) is 0 Å². The van der Waals surface area contributed by atoms with E-state index in [9.17, 15) is 4.79 Å². The van der Waals surface area contributed by atoms with Crippen LogP contribution in [0.5, 0.6) is 0 Å². The van der Waals surface area contributed by atoms with Gasteiger partial charge < -0.3 is 9.47 Å². The molecule has 1 atom stereocenters. The Kier molecular flexibility index (Phi) is 4.33. The fraction of sp³-hybridized carbons (Fsp3) is 0.917. The first-order valence-corrected chi connectivity index (χ1v) is 5.91. The SMILES string of the molecule is CCOC(=O)C(C)(NCCOC)C1(C)CC1. The van der Waals surface area contributed by atoms with Gasteiger partial charge in [-0.1, -0.05) is 6.92 Å². The molecule has 0 aromatic rings. The van der Waals surface area contributed by atoms with Crippen molar-refractivity contribution < 1.29 is 14.3 Å². The highest BCUT2D eigenvalue weighted by Crippen LogP contribution is 2.53. The molecule has 1 saturated carbocycles. The summed E-state index contributed by atoms with van der Waals surface area (Å²) in [6, 6.07) is 0. The van der Waals surface area contributed by atoms with Gasteiger partial charge in [-0.2, -0.15) is 0 Å². The van der Waals surface area contributed by atoms with Gasteiger partial charge in [-0.15, -0.1) is 0 Å². The molecule has 4 heteroatoms. The van der Waals surface area contributed by atoms with Gasteiger partial charge in [0, 0.05) is 13.7 Å². The average Bonchev–Trinajstić information content (AvgIpc) is 2.98. The third-order valence-corrected chi connectivity index (χ3v) is 3.68. The molecule has 1 aliphatic rings. The lowest BCUT2D eigenvalue weighted by molar-refractivity contribution is -0.153. The highest BCUT2D eigenvalue weighted by Gasteiger charge is 2.57. The summed E-state index contributed by atoms with van der Waals surface area (Å²) in [6.07, 6.45) is 2.14. The molecule has 0 aliphatic heterocycles. The monoisotopic (exact) mass is 229 g/mol. The maximum atomic E-state index is 12.0. The molecule has 0 spiro atoms. The minimum atomic E-state index is -0.582. The predicted molar refractivity (Wildman–Crippen MR) is 62.3 cm³/mol. The molecule has 0 saturated heterocycles. The van der Waals surface area contributed by atoms with Crippen molar-refractivity contribution >= 4 is 5.97 Å². The highest BCUT2D eigenvalue weighted by atomic mass is 16.5. The van der Waals surface area contributed by atoms with Crippen molar-refractivity contribution in [2.45, 2.75) is 39.2 Å². The van der Waals surface area contributed by atoms with Crippen molar-refractivity contribution in [3.05, 3.63) is 0 Å². The Morgan fingerprint density at radius 3 is 2.56 bits per heavy atom. The van der Waals surface area contributed by atoms with E-state index >= 15 is 0 Å². The maximum absolute atomic E-state index is 12.0. The van der Waals surface area contributed by atoms with E-state index in [0.29, 0.717) is 19.8 Å². The van der Waals surface area contributed by atoms with E-state index in [2.05, 4.69) is 12.2 Å². The smallest absolute Gasteiger partial charge is 0.326 e. The number of methoxy groups -OCH3 is 1. The van der Waals surface area contributed by atoms with Gasteiger partial charge in [0.15, 0.2) is 0 Å². The topological polar surface area (TPSA) is 47.6 Å². The van der Waals surface area contributed by atoms with Crippen LogP contribution in [0.3, 0.4) is 0 Å². The van der Waals surface area contributed by atoms with Gasteiger partial charge in [0.05, 0.1) is 13.2 Å². The zero-order chi connectivity index (χ0) is 12.2. The van der Waals surface area contributed by atoms with E-state index in [4.69, 9.17) is 9.47 Å². The minimum Gasteiger partial charge on any atom is -0.465 e. The minimum absolute atomic E-state index is 0.0347. The van der Waals surface area contributed by atoms with Crippen molar-refractivity contribution in [3.63, 3.8) is 0 Å². The van der Waals surface area contributed by atoms with Gasteiger partial charge in [0.2, 0.25) is 0 Å². The number of hydrogen-bond donors (Lipinski definition) is 1. The molecular formula is C12H23NO3. The second kappa shape index (κ2) is 5.15. The van der Waals surface area contributed by atoms with Crippen LogP contribution in [0.25, 0.3) is 0 Å². The Balaban J connectivity index is 2.65. The van der Waals surface area contributed by atoms with Crippen LogP contribution in [0.15, 0.2) is 0 Å². The number of ether oxygens (including phenoxy) is 2. The van der Waals surface area contributed by atoms with E-state index in [-0.39, 0.29) is 11.4 Å². The number of carbonyl (C=O) groups excluding carboxylic acids is 1. The van der Waals surface area contributed by atoms with Gasteiger partial charge in [0.25, 0.3) is 0 Å². The molecule has 16 heavy (non-hydrogen) atoms. The first-order chi connectivity index (χ1) is 7.50. The van der Waals surface area contributed by atoms with E-state index < -0.39 is 5.54 Å². The van der Waals surface area contributed by atoms with Gasteiger partial charge in [-0.3, -0.25) is 10.1 Å². The molecule has 0 heterocycles. The van der Waals surface area contributed by atoms with Crippen LogP contribution in [-0.4, -0.2) is 38.4 Å². The molecular weight excluding hydrogens is 206 g/mol. The van der Waals surface area contributed by atoms with E-state index in [1.165, 1.54) is 0 Å². The molecule has 0 aromatic carbocycles. The molecule has 1 fully saturated rings. The van der Waals surface area contributed by atoms with Crippen molar-refractivity contribution in [2.75, 3.05) is 26.9 Å². The zero-order valence-corrected chi connectivity index (χ0v) is 10.8. The Labute approximate surface area is 97.7 Å². The van der Waals surface area contributed by atoms with Crippen LogP contribution >= 0.6 is 0 Å². The predicted octanol–water partition coefficient (Wildman–Crippen LogP) is 1.34. The maximum Gasteiger partial charge on any atom is 0.326 e. The second-order valence-electron chi connectivity index (χ2n) is 4.83. The molecule has 1 N–H and O–H groups in total. The number of nitrogens with one attached hydrogen (secondary N) is 1. The molecule has 1 aliphatic carbocycles. The molecule has 0 aromatic heterocycles. The van der Waals surface area contributed by atoms with Crippen LogP contribution in [0.4, 0.5) is 0 Å². The molecule has 4 nitrogen and oxygen atoms in total. The normalized spacial score (nSPS) is 21.2. The van der Waals surface area contributed by atoms with Gasteiger partial charge in [-0.25, -0.2) is 0 Å². The second-order valence-corrected chi connectivity index (χ2v) is 4.83. The molecule has 1 unspecified atom stereocenters. The molecule has 0 amide bonds. The zero-order valence-electron chi connectivity index (χ0n) is 10.8. The Bertz CT molecular complexity index is 251. The van der Waals surface area contributed by atoms with E-state index in [1.54, 1.807) is 7.11 Å². The van der Waals surface area contributed by atoms with Crippen LogP contribution in [0, 0.1) is 5.41 Å². The standard InChI is InChI=1S/C12H23NO3/c1-5-16-10(14)12(3,11(2)6-7-11)13-8-9-15-4/h13H,5-9H2,1-4H3. The van der Waals surface area contributed by atoms with Crippen molar-refractivity contribution in [1.82, 2.24) is 5.32 Å². The summed E-state index contributed by atoms with van der Waals surface area (Å²) in [5.74, 6) is -0.147. The first-order valence-electron chi connectivity index (χ1n) is 5.91. The van der Waals surface area contributed by atoms with E-state index in [1.807, 2.05) is 13.8 Å². The first kappa shape index (κ1) is 13.5. The molecule has 0 bridgehead atoms. The van der Waals surface area contributed by atoms with Crippen molar-refractivity contribution in [2.24, 2.45) is 5.41 Å². The van der Waals surface area contributed by atoms with Crippen molar-refractivity contribution in [3.8, 4) is 0 Å². The summed E-state index contributed by atoms with van der Waals surface area (Å²) in [6.45, 7) is 7.60. The molecule has 1 rings (SSSR count). The lowest BCUT2D eigenvalue weighted by Gasteiger charge is -2.34. The summed E-state index contributed by atoms with van der Waals surface area (Å²) < 4.78 is 10.2. The number of esters is 1. The quantitative estimate of drug-likeness (QED) is 0.529. The van der Waals surface area contributed by atoms with Crippen LogP contribution in [0.1, 0.15) is 33.6 Å². The third kappa shape index (κ3) is 2.55. The summed E-state index contributed by atoms with van der Waals surface area (Å²) in [5.41, 5.74) is -0.547. The highest BCUT2D eigenvalue weighted by molar-refractivity contribution is 5.82. The average molecular weight is 229 g/mol. The largest absolute Gasteiger partial charge is 0.465 e.